The molecule has 6 heteroatoms. The summed E-state index contributed by atoms with van der Waals surface area (Å²) in [7, 11) is 0. The second-order valence-corrected chi connectivity index (χ2v) is 6.87. The summed E-state index contributed by atoms with van der Waals surface area (Å²) in [5.41, 5.74) is 2.25. The van der Waals surface area contributed by atoms with Crippen LogP contribution in [0.2, 0.25) is 0 Å². The molecule has 1 aromatic rings. The van der Waals surface area contributed by atoms with Crippen molar-refractivity contribution in [3.63, 3.8) is 0 Å². The highest BCUT2D eigenvalue weighted by Gasteiger charge is 2.30. The summed E-state index contributed by atoms with van der Waals surface area (Å²) in [6.45, 7) is 11.5. The summed E-state index contributed by atoms with van der Waals surface area (Å²) in [6.07, 6.45) is 0.762. The van der Waals surface area contributed by atoms with Gasteiger partial charge in [-0.1, -0.05) is 13.8 Å². The van der Waals surface area contributed by atoms with Crippen LogP contribution in [0.1, 0.15) is 45.7 Å². The van der Waals surface area contributed by atoms with E-state index >= 15 is 0 Å². The average molecular weight is 362 g/mol. The van der Waals surface area contributed by atoms with Crippen LogP contribution in [0.3, 0.4) is 0 Å². The minimum Gasteiger partial charge on any atom is -0.490 e. The van der Waals surface area contributed by atoms with Gasteiger partial charge >= 0.3 is 0 Å². The number of amides is 2. The van der Waals surface area contributed by atoms with E-state index in [2.05, 4.69) is 5.32 Å². The first kappa shape index (κ1) is 20.1. The van der Waals surface area contributed by atoms with E-state index in [9.17, 15) is 9.59 Å². The van der Waals surface area contributed by atoms with Crippen LogP contribution in [0.15, 0.2) is 12.1 Å². The molecule has 0 aromatic heterocycles. The van der Waals surface area contributed by atoms with Crippen molar-refractivity contribution >= 4 is 11.8 Å². The lowest BCUT2D eigenvalue weighted by atomic mass is 9.96. The molecule has 0 saturated carbocycles. The number of benzene rings is 1. The Morgan fingerprint density at radius 1 is 1.12 bits per heavy atom. The number of hydrogen-bond acceptors (Lipinski definition) is 4. The van der Waals surface area contributed by atoms with Crippen molar-refractivity contribution in [2.24, 2.45) is 5.92 Å². The van der Waals surface area contributed by atoms with Gasteiger partial charge in [-0.25, -0.2) is 0 Å². The van der Waals surface area contributed by atoms with Gasteiger partial charge in [-0.05, 0) is 49.4 Å². The van der Waals surface area contributed by atoms with Crippen LogP contribution in [-0.4, -0.2) is 42.5 Å². The third-order valence-electron chi connectivity index (χ3n) is 4.48. The topological polar surface area (TPSA) is 67.9 Å². The number of carbonyl (C=O) groups is 2. The number of carbonyl (C=O) groups excluding carboxylic acids is 2. The van der Waals surface area contributed by atoms with Gasteiger partial charge in [-0.3, -0.25) is 9.59 Å². The van der Waals surface area contributed by atoms with Gasteiger partial charge in [0.15, 0.2) is 11.5 Å². The highest BCUT2D eigenvalue weighted by atomic mass is 16.5. The molecule has 0 aliphatic carbocycles. The van der Waals surface area contributed by atoms with Gasteiger partial charge in [0.2, 0.25) is 11.8 Å². The third kappa shape index (κ3) is 4.68. The molecule has 0 saturated heterocycles. The summed E-state index contributed by atoms with van der Waals surface area (Å²) in [4.78, 5) is 26.2. The van der Waals surface area contributed by atoms with Crippen molar-refractivity contribution in [2.45, 2.75) is 53.6 Å². The molecule has 2 amide bonds. The van der Waals surface area contributed by atoms with Crippen LogP contribution in [0.4, 0.5) is 0 Å². The average Bonchev–Trinajstić information content (AvgIpc) is 2.59. The lowest BCUT2D eigenvalue weighted by molar-refractivity contribution is -0.138. The van der Waals surface area contributed by atoms with Crippen molar-refractivity contribution in [1.82, 2.24) is 10.2 Å². The van der Waals surface area contributed by atoms with Gasteiger partial charge < -0.3 is 19.7 Å². The summed E-state index contributed by atoms with van der Waals surface area (Å²) in [5.74, 6) is 1.28. The minimum atomic E-state index is -0.497. The van der Waals surface area contributed by atoms with Crippen molar-refractivity contribution in [3.05, 3.63) is 23.3 Å². The minimum absolute atomic E-state index is 0.0344. The van der Waals surface area contributed by atoms with Gasteiger partial charge in [0, 0.05) is 20.0 Å². The van der Waals surface area contributed by atoms with Gasteiger partial charge in [0.05, 0.1) is 13.2 Å². The van der Waals surface area contributed by atoms with E-state index in [1.165, 1.54) is 12.5 Å². The largest absolute Gasteiger partial charge is 0.490 e. The Kier molecular flexibility index (Phi) is 6.89. The van der Waals surface area contributed by atoms with Crippen LogP contribution in [0, 0.1) is 5.92 Å². The fourth-order valence-electron chi connectivity index (χ4n) is 3.22. The molecule has 0 bridgehead atoms. The van der Waals surface area contributed by atoms with E-state index < -0.39 is 6.04 Å². The van der Waals surface area contributed by atoms with Crippen molar-refractivity contribution in [2.75, 3.05) is 19.8 Å². The van der Waals surface area contributed by atoms with Crippen LogP contribution in [0.5, 0.6) is 11.5 Å². The second-order valence-electron chi connectivity index (χ2n) is 6.87. The predicted molar refractivity (Wildman–Crippen MR) is 100 cm³/mol. The summed E-state index contributed by atoms with van der Waals surface area (Å²) in [5, 5.41) is 2.78. The highest BCUT2D eigenvalue weighted by Crippen LogP contribution is 2.34. The smallest absolute Gasteiger partial charge is 0.245 e. The van der Waals surface area contributed by atoms with Gasteiger partial charge in [-0.2, -0.15) is 0 Å². The van der Waals surface area contributed by atoms with Crippen LogP contribution in [-0.2, 0) is 22.6 Å². The first-order valence-corrected chi connectivity index (χ1v) is 9.34. The Balaban J connectivity index is 2.23. The number of fused-ring (bicyclic) bond motifs is 1. The number of nitrogens with one attached hydrogen (secondary N) is 1. The summed E-state index contributed by atoms with van der Waals surface area (Å²) in [6, 6.07) is 3.51. The predicted octanol–water partition coefficient (Wildman–Crippen LogP) is 2.53. The maximum atomic E-state index is 12.9. The zero-order valence-corrected chi connectivity index (χ0v) is 16.4. The molecule has 0 unspecified atom stereocenters. The molecule has 1 heterocycles. The Bertz CT molecular complexity index is 657. The summed E-state index contributed by atoms with van der Waals surface area (Å²) >= 11 is 0. The molecule has 1 aliphatic rings. The quantitative estimate of drug-likeness (QED) is 0.809. The number of hydrogen-bond donors (Lipinski definition) is 1. The van der Waals surface area contributed by atoms with E-state index in [-0.39, 0.29) is 17.7 Å². The molecule has 0 radical (unpaired) electrons. The molecule has 6 nitrogen and oxygen atoms in total. The zero-order valence-electron chi connectivity index (χ0n) is 16.4. The van der Waals surface area contributed by atoms with E-state index in [4.69, 9.17) is 9.47 Å². The molecule has 0 spiro atoms. The molecular formula is C20H30N2O4. The molecule has 0 fully saturated rings. The van der Waals surface area contributed by atoms with Crippen molar-refractivity contribution in [3.8, 4) is 11.5 Å². The fraction of sp³-hybridized carbons (Fsp3) is 0.600. The highest BCUT2D eigenvalue weighted by molar-refractivity contribution is 5.87. The maximum absolute atomic E-state index is 12.9. The van der Waals surface area contributed by atoms with E-state index in [1.807, 2.05) is 44.7 Å². The zero-order chi connectivity index (χ0) is 19.3. The SMILES string of the molecule is CCOc1cc2c(cc1OCC)CN(C(=O)[C@@H](NC(C)=O)C(C)C)CC2. The van der Waals surface area contributed by atoms with Gasteiger partial charge in [-0.15, -0.1) is 0 Å². The lowest BCUT2D eigenvalue weighted by Gasteiger charge is -2.33. The lowest BCUT2D eigenvalue weighted by Crippen LogP contribution is -2.51. The number of nitrogens with zero attached hydrogens (tertiary/aromatic N) is 1. The third-order valence-corrected chi connectivity index (χ3v) is 4.48. The Hall–Kier alpha value is -2.24. The fourth-order valence-corrected chi connectivity index (χ4v) is 3.22. The van der Waals surface area contributed by atoms with Gasteiger partial charge in [0.25, 0.3) is 0 Å². The van der Waals surface area contributed by atoms with E-state index in [0.29, 0.717) is 32.1 Å². The standard InChI is InChI=1S/C20H30N2O4/c1-6-25-17-10-15-8-9-22(12-16(15)11-18(17)26-7-2)20(24)19(13(3)4)21-14(5)23/h10-11,13,19H,6-9,12H2,1-5H3,(H,21,23)/t19-/m0/s1. The molecule has 1 N–H and O–H groups in total. The molecule has 144 valence electrons. The van der Waals surface area contributed by atoms with Crippen molar-refractivity contribution in [1.29, 1.82) is 0 Å². The van der Waals surface area contributed by atoms with E-state index in [0.717, 1.165) is 17.7 Å². The van der Waals surface area contributed by atoms with Crippen LogP contribution >= 0.6 is 0 Å². The molecule has 1 aromatic carbocycles. The van der Waals surface area contributed by atoms with Crippen LogP contribution in [0.25, 0.3) is 0 Å². The molecular weight excluding hydrogens is 332 g/mol. The normalized spacial score (nSPS) is 14.6. The Morgan fingerprint density at radius 2 is 1.69 bits per heavy atom. The Morgan fingerprint density at radius 3 is 2.19 bits per heavy atom. The van der Waals surface area contributed by atoms with Crippen molar-refractivity contribution < 1.29 is 19.1 Å². The first-order chi connectivity index (χ1) is 12.4. The van der Waals surface area contributed by atoms with E-state index in [1.54, 1.807) is 0 Å². The van der Waals surface area contributed by atoms with Gasteiger partial charge in [0.1, 0.15) is 6.04 Å². The molecule has 26 heavy (non-hydrogen) atoms. The molecule has 1 aliphatic heterocycles. The number of rotatable bonds is 7. The number of ether oxygens (including phenoxy) is 2. The molecule has 2 rings (SSSR count). The maximum Gasteiger partial charge on any atom is 0.245 e. The Labute approximate surface area is 155 Å². The monoisotopic (exact) mass is 362 g/mol. The first-order valence-electron chi connectivity index (χ1n) is 9.34. The second kappa shape index (κ2) is 8.92. The molecule has 1 atom stereocenters. The summed E-state index contributed by atoms with van der Waals surface area (Å²) < 4.78 is 11.4. The van der Waals surface area contributed by atoms with Crippen LogP contribution < -0.4 is 14.8 Å².